The Morgan fingerprint density at radius 3 is 2.46 bits per heavy atom. The summed E-state index contributed by atoms with van der Waals surface area (Å²) in [5, 5.41) is 8.11. The molecular formula is C25H32N4O5S. The third kappa shape index (κ3) is 5.65. The van der Waals surface area contributed by atoms with Gasteiger partial charge in [-0.3, -0.25) is 4.55 Å². The molecule has 0 radical (unpaired) electrons. The van der Waals surface area contributed by atoms with Crippen molar-refractivity contribution in [3.8, 4) is 5.75 Å². The summed E-state index contributed by atoms with van der Waals surface area (Å²) in [6.07, 6.45) is 6.57. The van der Waals surface area contributed by atoms with Crippen LogP contribution in [0.15, 0.2) is 49.9 Å². The number of oxazole rings is 1. The molecule has 0 atom stereocenters. The number of fused-ring (bicyclic) bond motifs is 1. The van der Waals surface area contributed by atoms with Crippen molar-refractivity contribution in [2.45, 2.75) is 63.2 Å². The van der Waals surface area contributed by atoms with Crippen molar-refractivity contribution in [3.63, 3.8) is 0 Å². The van der Waals surface area contributed by atoms with Crippen LogP contribution < -0.4 is 9.64 Å². The fourth-order valence-corrected chi connectivity index (χ4v) is 5.33. The molecule has 3 aromatic rings. The van der Waals surface area contributed by atoms with Crippen LogP contribution in [-0.4, -0.2) is 38.2 Å². The Balaban J connectivity index is 1.70. The van der Waals surface area contributed by atoms with Gasteiger partial charge in [0, 0.05) is 19.2 Å². The second kappa shape index (κ2) is 10.7. The number of methoxy groups -OCH3 is 1. The summed E-state index contributed by atoms with van der Waals surface area (Å²) in [4.78, 5) is 6.02. The van der Waals surface area contributed by atoms with E-state index < -0.39 is 10.1 Å². The van der Waals surface area contributed by atoms with Crippen molar-refractivity contribution in [2.24, 2.45) is 10.2 Å². The van der Waals surface area contributed by atoms with Crippen molar-refractivity contribution in [2.75, 3.05) is 25.1 Å². The molecule has 9 nitrogen and oxygen atoms in total. The Hall–Kier alpha value is -2.98. The molecular weight excluding hydrogens is 468 g/mol. The Morgan fingerprint density at radius 1 is 1.11 bits per heavy atom. The largest absolute Gasteiger partial charge is 0.495 e. The normalized spacial score (nSPS) is 14.9. The van der Waals surface area contributed by atoms with E-state index in [1.165, 1.54) is 50.5 Å². The van der Waals surface area contributed by atoms with E-state index in [-0.39, 0.29) is 16.6 Å². The highest BCUT2D eigenvalue weighted by Gasteiger charge is 2.23. The molecule has 0 spiro atoms. The monoisotopic (exact) mass is 500 g/mol. The zero-order valence-corrected chi connectivity index (χ0v) is 21.2. The Kier molecular flexibility index (Phi) is 7.71. The molecule has 1 N–H and O–H groups in total. The van der Waals surface area contributed by atoms with Crippen LogP contribution in [0.4, 0.5) is 17.4 Å². The Labute approximate surface area is 206 Å². The fraction of sp³-hybridized carbons (Fsp3) is 0.480. The number of ether oxygens (including phenoxy) is 1. The van der Waals surface area contributed by atoms with E-state index in [4.69, 9.17) is 9.15 Å². The van der Waals surface area contributed by atoms with Gasteiger partial charge in [0.2, 0.25) is 0 Å². The fourth-order valence-electron chi connectivity index (χ4n) is 4.71. The smallest absolute Gasteiger partial charge is 0.341 e. The summed E-state index contributed by atoms with van der Waals surface area (Å²) >= 11 is 0. The molecule has 1 heterocycles. The molecule has 4 rings (SSSR count). The van der Waals surface area contributed by atoms with E-state index in [1.54, 1.807) is 0 Å². The van der Waals surface area contributed by atoms with Gasteiger partial charge in [-0.2, -0.15) is 13.4 Å². The van der Waals surface area contributed by atoms with Gasteiger partial charge in [0.1, 0.15) is 21.8 Å². The first-order chi connectivity index (χ1) is 16.8. The maximum absolute atomic E-state index is 12.2. The number of anilines is 1. The lowest BCUT2D eigenvalue weighted by atomic mass is 9.98. The van der Waals surface area contributed by atoms with Gasteiger partial charge in [0.15, 0.2) is 5.58 Å². The van der Waals surface area contributed by atoms with Crippen LogP contribution in [0.3, 0.4) is 0 Å². The number of azo groups is 1. The SMILES string of the molecule is CCCN(CCC)c1cc(S(=O)(=O)O)c(N=Nc2nc3ccc(C4CCCC4)cc3o2)cc1OC. The van der Waals surface area contributed by atoms with Crippen LogP contribution in [0.25, 0.3) is 11.1 Å². The molecule has 1 aromatic heterocycles. The van der Waals surface area contributed by atoms with Gasteiger partial charge in [-0.25, -0.2) is 0 Å². The minimum atomic E-state index is -4.58. The van der Waals surface area contributed by atoms with E-state index in [0.29, 0.717) is 41.5 Å². The molecule has 1 aliphatic rings. The van der Waals surface area contributed by atoms with E-state index in [9.17, 15) is 13.0 Å². The Bertz CT molecular complexity index is 1310. The predicted molar refractivity (Wildman–Crippen MR) is 135 cm³/mol. The average molecular weight is 501 g/mol. The highest BCUT2D eigenvalue weighted by Crippen LogP contribution is 2.39. The number of hydrogen-bond donors (Lipinski definition) is 1. The minimum Gasteiger partial charge on any atom is -0.495 e. The lowest BCUT2D eigenvalue weighted by molar-refractivity contribution is 0.413. The second-order valence-electron chi connectivity index (χ2n) is 8.86. The van der Waals surface area contributed by atoms with Gasteiger partial charge >= 0.3 is 6.01 Å². The molecule has 0 amide bonds. The first-order valence-corrected chi connectivity index (χ1v) is 13.5. The third-order valence-electron chi connectivity index (χ3n) is 6.34. The van der Waals surface area contributed by atoms with Crippen molar-refractivity contribution in [3.05, 3.63) is 35.9 Å². The average Bonchev–Trinajstić information content (AvgIpc) is 3.51. The van der Waals surface area contributed by atoms with Crippen LogP contribution in [0.1, 0.15) is 63.9 Å². The molecule has 0 bridgehead atoms. The van der Waals surface area contributed by atoms with Gasteiger partial charge in [-0.05, 0) is 55.4 Å². The molecule has 0 aliphatic heterocycles. The standard InChI is InChI=1S/C25H32N4O5S/c1-4-12-29(13-5-2)21-16-24(35(30,31)32)20(15-23(21)33-3)27-28-25-26-19-11-10-18(14-22(19)34-25)17-8-6-7-9-17/h10-11,14-17H,4-9,12-13H2,1-3H3,(H,30,31,32). The first-order valence-electron chi connectivity index (χ1n) is 12.1. The summed E-state index contributed by atoms with van der Waals surface area (Å²) in [6.45, 7) is 5.50. The van der Waals surface area contributed by atoms with Gasteiger partial charge in [0.05, 0.1) is 12.8 Å². The second-order valence-corrected chi connectivity index (χ2v) is 10.2. The van der Waals surface area contributed by atoms with E-state index in [0.717, 1.165) is 12.8 Å². The number of aromatic nitrogens is 1. The topological polar surface area (TPSA) is 118 Å². The van der Waals surface area contributed by atoms with Gasteiger partial charge < -0.3 is 14.1 Å². The van der Waals surface area contributed by atoms with Crippen LogP contribution in [0, 0.1) is 0 Å². The third-order valence-corrected chi connectivity index (χ3v) is 7.22. The van der Waals surface area contributed by atoms with E-state index >= 15 is 0 Å². The molecule has 1 fully saturated rings. The summed E-state index contributed by atoms with van der Waals surface area (Å²) in [7, 11) is -3.07. The van der Waals surface area contributed by atoms with Crippen LogP contribution in [-0.2, 0) is 10.1 Å². The molecule has 1 aliphatic carbocycles. The number of hydrogen-bond acceptors (Lipinski definition) is 8. The van der Waals surface area contributed by atoms with E-state index in [1.807, 2.05) is 30.9 Å². The summed E-state index contributed by atoms with van der Waals surface area (Å²) in [5.41, 5.74) is 3.01. The van der Waals surface area contributed by atoms with Crippen LogP contribution >= 0.6 is 0 Å². The first kappa shape index (κ1) is 25.1. The maximum atomic E-state index is 12.2. The van der Waals surface area contributed by atoms with Crippen molar-refractivity contribution in [1.82, 2.24) is 4.98 Å². The van der Waals surface area contributed by atoms with Gasteiger partial charge in [-0.1, -0.05) is 37.9 Å². The highest BCUT2D eigenvalue weighted by atomic mass is 32.2. The van der Waals surface area contributed by atoms with Gasteiger partial charge in [-0.15, -0.1) is 5.11 Å². The number of benzene rings is 2. The van der Waals surface area contributed by atoms with Crippen LogP contribution in [0.5, 0.6) is 5.75 Å². The summed E-state index contributed by atoms with van der Waals surface area (Å²) in [6, 6.07) is 8.82. The van der Waals surface area contributed by atoms with E-state index in [2.05, 4.69) is 21.3 Å². The predicted octanol–water partition coefficient (Wildman–Crippen LogP) is 6.78. The molecule has 1 saturated carbocycles. The minimum absolute atomic E-state index is 0.00601. The zero-order chi connectivity index (χ0) is 25.0. The molecule has 10 heteroatoms. The molecule has 2 aromatic carbocycles. The Morgan fingerprint density at radius 2 is 1.83 bits per heavy atom. The van der Waals surface area contributed by atoms with Crippen molar-refractivity contribution in [1.29, 1.82) is 0 Å². The van der Waals surface area contributed by atoms with Crippen molar-refractivity contribution < 1.29 is 22.1 Å². The zero-order valence-electron chi connectivity index (χ0n) is 20.4. The highest BCUT2D eigenvalue weighted by molar-refractivity contribution is 7.86. The van der Waals surface area contributed by atoms with Crippen molar-refractivity contribution >= 4 is 38.6 Å². The number of rotatable bonds is 10. The van der Waals surface area contributed by atoms with Crippen LogP contribution in [0.2, 0.25) is 0 Å². The number of nitrogens with zero attached hydrogens (tertiary/aromatic N) is 4. The molecule has 35 heavy (non-hydrogen) atoms. The maximum Gasteiger partial charge on any atom is 0.341 e. The summed E-state index contributed by atoms with van der Waals surface area (Å²) < 4.78 is 45.7. The molecule has 0 saturated heterocycles. The van der Waals surface area contributed by atoms with Gasteiger partial charge in [0.25, 0.3) is 10.1 Å². The quantitative estimate of drug-likeness (QED) is 0.241. The molecule has 0 unspecified atom stereocenters. The molecule has 188 valence electrons. The lowest BCUT2D eigenvalue weighted by Gasteiger charge is -2.26. The summed E-state index contributed by atoms with van der Waals surface area (Å²) in [5.74, 6) is 0.977. The lowest BCUT2D eigenvalue weighted by Crippen LogP contribution is -2.25.